The van der Waals surface area contributed by atoms with E-state index in [2.05, 4.69) is 15.8 Å². The normalized spacial score (nSPS) is 10.6. The van der Waals surface area contributed by atoms with Crippen LogP contribution in [0.2, 0.25) is 5.02 Å². The van der Waals surface area contributed by atoms with E-state index >= 15 is 0 Å². The molecule has 0 heterocycles. The number of nitrogens with one attached hydrogen (secondary N) is 2. The van der Waals surface area contributed by atoms with Crippen molar-refractivity contribution >= 4 is 35.3 Å². The van der Waals surface area contributed by atoms with Gasteiger partial charge in [0.05, 0.1) is 16.9 Å². The number of amides is 2. The zero-order chi connectivity index (χ0) is 18.2. The minimum atomic E-state index is -0.455. The topological polar surface area (TPSA) is 111 Å². The van der Waals surface area contributed by atoms with Gasteiger partial charge in [-0.2, -0.15) is 5.10 Å². The first-order valence-corrected chi connectivity index (χ1v) is 7.72. The Hall–Kier alpha value is -3.06. The van der Waals surface area contributed by atoms with Crippen LogP contribution in [0.5, 0.6) is 11.5 Å². The number of hydrogen-bond acceptors (Lipinski definition) is 5. The van der Waals surface area contributed by atoms with Crippen molar-refractivity contribution in [3.05, 3.63) is 53.1 Å². The maximum atomic E-state index is 11.8. The molecule has 0 aliphatic carbocycles. The van der Waals surface area contributed by atoms with E-state index < -0.39 is 5.91 Å². The second kappa shape index (κ2) is 8.70. The lowest BCUT2D eigenvalue weighted by atomic mass is 10.2. The number of nitrogens with zero attached hydrogens (tertiary/aromatic N) is 1. The second-order valence-electron chi connectivity index (χ2n) is 5.06. The molecule has 0 unspecified atom stereocenters. The molecule has 0 aliphatic rings. The summed E-state index contributed by atoms with van der Waals surface area (Å²) in [6.45, 7) is 0. The summed E-state index contributed by atoms with van der Waals surface area (Å²) in [5, 5.41) is 25.5. The Morgan fingerprint density at radius 3 is 2.52 bits per heavy atom. The smallest absolute Gasteiger partial charge is 0.240 e. The third-order valence-electron chi connectivity index (χ3n) is 3.13. The maximum absolute atomic E-state index is 11.8. The monoisotopic (exact) mass is 361 g/mol. The average Bonchev–Trinajstić information content (AvgIpc) is 2.57. The van der Waals surface area contributed by atoms with Crippen LogP contribution in [0.15, 0.2) is 47.6 Å². The van der Waals surface area contributed by atoms with Crippen molar-refractivity contribution in [2.75, 3.05) is 5.32 Å². The van der Waals surface area contributed by atoms with Crippen LogP contribution in [0.1, 0.15) is 18.4 Å². The number of anilines is 1. The largest absolute Gasteiger partial charge is 0.508 e. The molecule has 0 atom stereocenters. The van der Waals surface area contributed by atoms with E-state index in [1.165, 1.54) is 18.3 Å². The highest BCUT2D eigenvalue weighted by molar-refractivity contribution is 6.33. The van der Waals surface area contributed by atoms with Crippen LogP contribution in [0.4, 0.5) is 5.69 Å². The molecular formula is C17H16ClN3O4. The Morgan fingerprint density at radius 1 is 1.08 bits per heavy atom. The number of hydrogen-bond donors (Lipinski definition) is 4. The first-order chi connectivity index (χ1) is 12.0. The average molecular weight is 362 g/mol. The molecule has 2 aromatic carbocycles. The van der Waals surface area contributed by atoms with Gasteiger partial charge >= 0.3 is 0 Å². The van der Waals surface area contributed by atoms with Gasteiger partial charge < -0.3 is 15.5 Å². The SMILES string of the molecule is O=C(CCC(=O)Nc1ccccc1Cl)N/N=C/c1ccc(O)cc1O. The number of hydrazone groups is 1. The lowest BCUT2D eigenvalue weighted by Gasteiger charge is -2.06. The van der Waals surface area contributed by atoms with Crippen LogP contribution in [0.25, 0.3) is 0 Å². The minimum absolute atomic E-state index is 0.0307. The molecule has 130 valence electrons. The molecule has 25 heavy (non-hydrogen) atoms. The van der Waals surface area contributed by atoms with E-state index in [4.69, 9.17) is 11.6 Å². The summed E-state index contributed by atoms with van der Waals surface area (Å²) in [6, 6.07) is 10.8. The molecular weight excluding hydrogens is 346 g/mol. The third-order valence-corrected chi connectivity index (χ3v) is 3.46. The predicted molar refractivity (Wildman–Crippen MR) is 94.8 cm³/mol. The Labute approximate surface area is 148 Å². The van der Waals surface area contributed by atoms with Crippen molar-refractivity contribution in [3.8, 4) is 11.5 Å². The Morgan fingerprint density at radius 2 is 1.80 bits per heavy atom. The molecule has 4 N–H and O–H groups in total. The van der Waals surface area contributed by atoms with Gasteiger partial charge in [-0.3, -0.25) is 9.59 Å². The van der Waals surface area contributed by atoms with Gasteiger partial charge in [-0.25, -0.2) is 5.43 Å². The summed E-state index contributed by atoms with van der Waals surface area (Å²) in [5.41, 5.74) is 3.06. The number of carbonyl (C=O) groups is 2. The Kier molecular flexibility index (Phi) is 6.36. The van der Waals surface area contributed by atoms with Crippen LogP contribution in [0, 0.1) is 0 Å². The quantitative estimate of drug-likeness (QED) is 0.468. The van der Waals surface area contributed by atoms with Gasteiger partial charge in [-0.1, -0.05) is 23.7 Å². The van der Waals surface area contributed by atoms with Gasteiger partial charge in [-0.15, -0.1) is 0 Å². The summed E-state index contributed by atoms with van der Waals surface area (Å²) in [5.74, 6) is -1.05. The summed E-state index contributed by atoms with van der Waals surface area (Å²) in [4.78, 5) is 23.5. The minimum Gasteiger partial charge on any atom is -0.508 e. The molecule has 0 saturated heterocycles. The zero-order valence-corrected chi connectivity index (χ0v) is 13.8. The van der Waals surface area contributed by atoms with Gasteiger partial charge in [0.1, 0.15) is 11.5 Å². The summed E-state index contributed by atoms with van der Waals surface area (Å²) in [7, 11) is 0. The van der Waals surface area contributed by atoms with Gasteiger partial charge in [-0.05, 0) is 24.3 Å². The lowest BCUT2D eigenvalue weighted by Crippen LogP contribution is -2.20. The number of para-hydroxylation sites is 1. The van der Waals surface area contributed by atoms with E-state index in [1.807, 2.05) is 0 Å². The van der Waals surface area contributed by atoms with Crippen LogP contribution in [-0.2, 0) is 9.59 Å². The highest BCUT2D eigenvalue weighted by Gasteiger charge is 2.08. The molecule has 2 rings (SSSR count). The van der Waals surface area contributed by atoms with Crippen molar-refractivity contribution in [1.82, 2.24) is 5.43 Å². The molecule has 7 nitrogen and oxygen atoms in total. The van der Waals surface area contributed by atoms with Crippen LogP contribution in [-0.4, -0.2) is 28.2 Å². The van der Waals surface area contributed by atoms with Crippen molar-refractivity contribution < 1.29 is 19.8 Å². The molecule has 0 radical (unpaired) electrons. The molecule has 8 heteroatoms. The molecule has 2 amide bonds. The van der Waals surface area contributed by atoms with Crippen molar-refractivity contribution in [2.45, 2.75) is 12.8 Å². The highest BCUT2D eigenvalue weighted by Crippen LogP contribution is 2.21. The predicted octanol–water partition coefficient (Wildman–Crippen LogP) is 2.62. The number of phenols is 2. The fraction of sp³-hybridized carbons (Fsp3) is 0.118. The summed E-state index contributed by atoms with van der Waals surface area (Å²) < 4.78 is 0. The standard InChI is InChI=1S/C17H16ClN3O4/c18-13-3-1-2-4-14(13)20-16(24)7-8-17(25)21-19-10-11-5-6-12(22)9-15(11)23/h1-6,9-10,22-23H,7-8H2,(H,20,24)(H,21,25)/b19-10+. The van der Waals surface area contributed by atoms with Crippen molar-refractivity contribution in [1.29, 1.82) is 0 Å². The first kappa shape index (κ1) is 18.3. The number of carbonyl (C=O) groups excluding carboxylic acids is 2. The van der Waals surface area contributed by atoms with Gasteiger partial charge in [0.2, 0.25) is 11.8 Å². The van der Waals surface area contributed by atoms with Crippen LogP contribution in [0.3, 0.4) is 0 Å². The van der Waals surface area contributed by atoms with E-state index in [9.17, 15) is 19.8 Å². The number of rotatable bonds is 6. The fourth-order valence-corrected chi connectivity index (χ4v) is 2.06. The summed E-state index contributed by atoms with van der Waals surface area (Å²) in [6.07, 6.45) is 1.14. The Balaban J connectivity index is 1.77. The Bertz CT molecular complexity index is 808. The van der Waals surface area contributed by atoms with Crippen molar-refractivity contribution in [3.63, 3.8) is 0 Å². The van der Waals surface area contributed by atoms with E-state index in [-0.39, 0.29) is 30.2 Å². The summed E-state index contributed by atoms with van der Waals surface area (Å²) >= 11 is 5.93. The number of phenolic OH excluding ortho intramolecular Hbond substituents is 2. The van der Waals surface area contributed by atoms with Gasteiger partial charge in [0.15, 0.2) is 0 Å². The third kappa shape index (κ3) is 5.82. The van der Waals surface area contributed by atoms with E-state index in [1.54, 1.807) is 24.3 Å². The molecule has 0 saturated carbocycles. The molecule has 0 aromatic heterocycles. The fourth-order valence-electron chi connectivity index (χ4n) is 1.87. The molecule has 0 fully saturated rings. The lowest BCUT2D eigenvalue weighted by molar-refractivity contribution is -0.124. The van der Waals surface area contributed by atoms with E-state index in [0.29, 0.717) is 16.3 Å². The maximum Gasteiger partial charge on any atom is 0.240 e. The zero-order valence-electron chi connectivity index (χ0n) is 13.1. The highest BCUT2D eigenvalue weighted by atomic mass is 35.5. The van der Waals surface area contributed by atoms with E-state index in [0.717, 1.165) is 6.07 Å². The van der Waals surface area contributed by atoms with Crippen LogP contribution >= 0.6 is 11.6 Å². The number of benzene rings is 2. The first-order valence-electron chi connectivity index (χ1n) is 7.34. The van der Waals surface area contributed by atoms with Gasteiger partial charge in [0, 0.05) is 24.5 Å². The molecule has 0 bridgehead atoms. The van der Waals surface area contributed by atoms with Crippen LogP contribution < -0.4 is 10.7 Å². The number of aromatic hydroxyl groups is 2. The molecule has 2 aromatic rings. The van der Waals surface area contributed by atoms with Crippen molar-refractivity contribution in [2.24, 2.45) is 5.10 Å². The van der Waals surface area contributed by atoms with Gasteiger partial charge in [0.25, 0.3) is 0 Å². The number of halogens is 1. The second-order valence-corrected chi connectivity index (χ2v) is 5.47. The molecule has 0 aliphatic heterocycles. The molecule has 0 spiro atoms.